The first-order valence-corrected chi connectivity index (χ1v) is 11.0. The summed E-state index contributed by atoms with van der Waals surface area (Å²) in [6, 6.07) is 2.34. The van der Waals surface area contributed by atoms with Gasteiger partial charge in [0.2, 0.25) is 17.6 Å². The van der Waals surface area contributed by atoms with E-state index in [1.165, 1.54) is 21.3 Å². The van der Waals surface area contributed by atoms with E-state index in [1.54, 1.807) is 21.9 Å². The second-order valence-electron chi connectivity index (χ2n) is 7.97. The molecule has 3 amide bonds. The van der Waals surface area contributed by atoms with Crippen LogP contribution in [0.2, 0.25) is 0 Å². The molecule has 1 heterocycles. The van der Waals surface area contributed by atoms with Crippen molar-refractivity contribution in [3.05, 3.63) is 17.7 Å². The molecule has 10 heteroatoms. The summed E-state index contributed by atoms with van der Waals surface area (Å²) >= 11 is 5.58. The molecule has 0 saturated carbocycles. The topological polar surface area (TPSA) is 97.4 Å². The largest absolute Gasteiger partial charge is 0.493 e. The highest BCUT2D eigenvalue weighted by Crippen LogP contribution is 2.38. The van der Waals surface area contributed by atoms with E-state index in [4.69, 9.17) is 25.8 Å². The second-order valence-corrected chi connectivity index (χ2v) is 8.24. The van der Waals surface area contributed by atoms with Crippen molar-refractivity contribution in [2.45, 2.75) is 32.9 Å². The van der Waals surface area contributed by atoms with Crippen LogP contribution in [0.15, 0.2) is 12.1 Å². The van der Waals surface area contributed by atoms with Crippen LogP contribution in [0.25, 0.3) is 0 Å². The molecule has 0 radical (unpaired) electrons. The molecule has 0 aromatic heterocycles. The van der Waals surface area contributed by atoms with Crippen LogP contribution < -0.4 is 19.5 Å². The van der Waals surface area contributed by atoms with Crippen LogP contribution in [0, 0.1) is 5.92 Å². The maximum absolute atomic E-state index is 13.2. The number of piperazine rings is 1. The number of rotatable bonds is 8. The van der Waals surface area contributed by atoms with Gasteiger partial charge in [-0.2, -0.15) is 0 Å². The van der Waals surface area contributed by atoms with Crippen LogP contribution in [-0.4, -0.2) is 86.4 Å². The monoisotopic (exact) mass is 469 g/mol. The standard InChI is InChI=1S/C22H32ClN3O6/c1-13(2)19(24-18(27)11-23)22(29)25-7-8-26(14(3)12-25)21(28)15-9-16(30-4)20(32-6)17(10-15)31-5/h9-10,13-14,19H,7-8,11-12H2,1-6H3,(H,24,27). The molecular weight excluding hydrogens is 438 g/mol. The number of hydrogen-bond donors (Lipinski definition) is 1. The van der Waals surface area contributed by atoms with Gasteiger partial charge < -0.3 is 29.3 Å². The molecule has 2 unspecified atom stereocenters. The Morgan fingerprint density at radius 3 is 2.12 bits per heavy atom. The van der Waals surface area contributed by atoms with Gasteiger partial charge in [-0.1, -0.05) is 13.8 Å². The summed E-state index contributed by atoms with van der Waals surface area (Å²) in [6.07, 6.45) is 0. The maximum atomic E-state index is 13.2. The highest BCUT2D eigenvalue weighted by atomic mass is 35.5. The average Bonchev–Trinajstić information content (AvgIpc) is 2.79. The number of carbonyl (C=O) groups is 3. The van der Waals surface area contributed by atoms with Crippen molar-refractivity contribution in [3.8, 4) is 17.2 Å². The summed E-state index contributed by atoms with van der Waals surface area (Å²) in [7, 11) is 4.49. The summed E-state index contributed by atoms with van der Waals surface area (Å²) in [5, 5.41) is 2.69. The van der Waals surface area contributed by atoms with Gasteiger partial charge in [0.1, 0.15) is 11.9 Å². The number of alkyl halides is 1. The number of benzene rings is 1. The molecule has 1 aromatic carbocycles. The van der Waals surface area contributed by atoms with Crippen molar-refractivity contribution in [3.63, 3.8) is 0 Å². The summed E-state index contributed by atoms with van der Waals surface area (Å²) in [5.74, 6) is 0.146. The van der Waals surface area contributed by atoms with Gasteiger partial charge in [0.25, 0.3) is 5.91 Å². The molecule has 0 spiro atoms. The third-order valence-electron chi connectivity index (χ3n) is 5.48. The quantitative estimate of drug-likeness (QED) is 0.583. The molecule has 32 heavy (non-hydrogen) atoms. The van der Waals surface area contributed by atoms with Gasteiger partial charge >= 0.3 is 0 Å². The third-order valence-corrected chi connectivity index (χ3v) is 5.73. The van der Waals surface area contributed by atoms with Crippen LogP contribution in [0.3, 0.4) is 0 Å². The van der Waals surface area contributed by atoms with Gasteiger partial charge in [-0.15, -0.1) is 11.6 Å². The first-order chi connectivity index (χ1) is 15.2. The van der Waals surface area contributed by atoms with E-state index < -0.39 is 6.04 Å². The maximum Gasteiger partial charge on any atom is 0.254 e. The van der Waals surface area contributed by atoms with E-state index >= 15 is 0 Å². The molecule has 1 aromatic rings. The van der Waals surface area contributed by atoms with E-state index in [1.807, 2.05) is 20.8 Å². The Hall–Kier alpha value is -2.68. The number of nitrogens with one attached hydrogen (secondary N) is 1. The summed E-state index contributed by atoms with van der Waals surface area (Å²) in [4.78, 5) is 41.4. The van der Waals surface area contributed by atoms with Gasteiger partial charge in [0, 0.05) is 31.2 Å². The fourth-order valence-electron chi connectivity index (χ4n) is 3.75. The van der Waals surface area contributed by atoms with Gasteiger partial charge in [0.05, 0.1) is 21.3 Å². The molecule has 2 rings (SSSR count). The lowest BCUT2D eigenvalue weighted by atomic mass is 10.0. The Morgan fingerprint density at radius 1 is 1.09 bits per heavy atom. The smallest absolute Gasteiger partial charge is 0.254 e. The lowest BCUT2D eigenvalue weighted by Gasteiger charge is -2.41. The van der Waals surface area contributed by atoms with Crippen LogP contribution >= 0.6 is 11.6 Å². The number of nitrogens with zero attached hydrogens (tertiary/aromatic N) is 2. The summed E-state index contributed by atoms with van der Waals surface area (Å²) in [6.45, 7) is 6.69. The van der Waals surface area contributed by atoms with Crippen LogP contribution in [-0.2, 0) is 9.59 Å². The van der Waals surface area contributed by atoms with Crippen molar-refractivity contribution in [1.82, 2.24) is 15.1 Å². The predicted octanol–water partition coefficient (Wildman–Crippen LogP) is 1.76. The average molecular weight is 470 g/mol. The second kappa shape index (κ2) is 11.3. The van der Waals surface area contributed by atoms with E-state index in [9.17, 15) is 14.4 Å². The molecule has 1 aliphatic heterocycles. The van der Waals surface area contributed by atoms with Crippen molar-refractivity contribution in [2.24, 2.45) is 5.92 Å². The Kier molecular flexibility index (Phi) is 9.00. The summed E-state index contributed by atoms with van der Waals surface area (Å²) in [5.41, 5.74) is 0.403. The minimum atomic E-state index is -0.661. The van der Waals surface area contributed by atoms with E-state index in [0.29, 0.717) is 42.4 Å². The zero-order valence-electron chi connectivity index (χ0n) is 19.4. The first-order valence-electron chi connectivity index (χ1n) is 10.4. The van der Waals surface area contributed by atoms with Crippen LogP contribution in [0.4, 0.5) is 0 Å². The minimum Gasteiger partial charge on any atom is -0.493 e. The normalized spacial score (nSPS) is 17.1. The first kappa shape index (κ1) is 25.6. The molecule has 1 saturated heterocycles. The lowest BCUT2D eigenvalue weighted by molar-refractivity contribution is -0.139. The molecule has 2 atom stereocenters. The highest BCUT2D eigenvalue weighted by molar-refractivity contribution is 6.27. The van der Waals surface area contributed by atoms with Crippen LogP contribution in [0.1, 0.15) is 31.1 Å². The highest BCUT2D eigenvalue weighted by Gasteiger charge is 2.35. The molecular formula is C22H32ClN3O6. The van der Waals surface area contributed by atoms with Gasteiger partial charge in [-0.25, -0.2) is 0 Å². The van der Waals surface area contributed by atoms with E-state index in [2.05, 4.69) is 5.32 Å². The van der Waals surface area contributed by atoms with Gasteiger partial charge in [-0.3, -0.25) is 14.4 Å². The van der Waals surface area contributed by atoms with Gasteiger partial charge in [0.15, 0.2) is 11.5 Å². The molecule has 0 bridgehead atoms. The Labute approximate surface area is 193 Å². The van der Waals surface area contributed by atoms with Crippen molar-refractivity contribution >= 4 is 29.3 Å². The molecule has 9 nitrogen and oxygen atoms in total. The molecule has 178 valence electrons. The van der Waals surface area contributed by atoms with E-state index in [-0.39, 0.29) is 35.6 Å². The Bertz CT molecular complexity index is 822. The Balaban J connectivity index is 2.17. The lowest BCUT2D eigenvalue weighted by Crippen LogP contribution is -2.60. The number of methoxy groups -OCH3 is 3. The zero-order valence-corrected chi connectivity index (χ0v) is 20.2. The van der Waals surface area contributed by atoms with Crippen molar-refractivity contribution in [1.29, 1.82) is 0 Å². The number of ether oxygens (including phenoxy) is 3. The van der Waals surface area contributed by atoms with Gasteiger partial charge in [-0.05, 0) is 25.0 Å². The van der Waals surface area contributed by atoms with Crippen molar-refractivity contribution in [2.75, 3.05) is 46.8 Å². The number of amides is 3. The van der Waals surface area contributed by atoms with E-state index in [0.717, 1.165) is 0 Å². The Morgan fingerprint density at radius 2 is 1.69 bits per heavy atom. The number of hydrogen-bond acceptors (Lipinski definition) is 6. The zero-order chi connectivity index (χ0) is 24.0. The predicted molar refractivity (Wildman–Crippen MR) is 121 cm³/mol. The fraction of sp³-hybridized carbons (Fsp3) is 0.591. The molecule has 1 fully saturated rings. The molecule has 1 N–H and O–H groups in total. The SMILES string of the molecule is COc1cc(C(=O)N2CCN(C(=O)C(NC(=O)CCl)C(C)C)CC2C)cc(OC)c1OC. The van der Waals surface area contributed by atoms with Crippen LogP contribution in [0.5, 0.6) is 17.2 Å². The van der Waals surface area contributed by atoms with Crippen molar-refractivity contribution < 1.29 is 28.6 Å². The fourth-order valence-corrected chi connectivity index (χ4v) is 3.83. The minimum absolute atomic E-state index is 0.0936. The molecule has 1 aliphatic rings. The third kappa shape index (κ3) is 5.56. The number of carbonyl (C=O) groups excluding carboxylic acids is 3. The summed E-state index contributed by atoms with van der Waals surface area (Å²) < 4.78 is 16.0. The molecule has 0 aliphatic carbocycles. The number of halogens is 1.